The van der Waals surface area contributed by atoms with Crippen molar-refractivity contribution in [2.45, 2.75) is 31.4 Å². The molecular weight excluding hydrogens is 240 g/mol. The van der Waals surface area contributed by atoms with Crippen molar-refractivity contribution in [3.63, 3.8) is 0 Å². The van der Waals surface area contributed by atoms with Gasteiger partial charge in [0.25, 0.3) is 0 Å². The Morgan fingerprint density at radius 1 is 1.21 bits per heavy atom. The van der Waals surface area contributed by atoms with E-state index in [4.69, 9.17) is 0 Å². The Hall–Kier alpha value is -1.39. The summed E-state index contributed by atoms with van der Waals surface area (Å²) in [5.41, 5.74) is 0.616. The molecule has 1 amide bonds. The van der Waals surface area contributed by atoms with Gasteiger partial charge in [0.2, 0.25) is 5.91 Å². The molecule has 4 nitrogen and oxygen atoms in total. The van der Waals surface area contributed by atoms with Crippen molar-refractivity contribution in [3.8, 4) is 0 Å². The van der Waals surface area contributed by atoms with Gasteiger partial charge in [0.05, 0.1) is 17.6 Å². The number of carbonyl (C=O) groups excluding carboxylic acids is 1. The third kappa shape index (κ3) is 2.26. The molecule has 2 heterocycles. The molecule has 102 valence electrons. The van der Waals surface area contributed by atoms with Crippen molar-refractivity contribution in [2.75, 3.05) is 13.1 Å². The van der Waals surface area contributed by atoms with E-state index in [1.165, 1.54) is 0 Å². The van der Waals surface area contributed by atoms with Crippen molar-refractivity contribution >= 4 is 5.91 Å². The first-order valence-electron chi connectivity index (χ1n) is 6.96. The molecule has 0 unspecified atom stereocenters. The number of aliphatic hydroxyl groups is 1. The van der Waals surface area contributed by atoms with Gasteiger partial charge in [0.15, 0.2) is 0 Å². The highest BCUT2D eigenvalue weighted by Crippen LogP contribution is 2.41. The van der Waals surface area contributed by atoms with Crippen LogP contribution in [0.15, 0.2) is 30.3 Å². The Bertz CT molecular complexity index is 454. The van der Waals surface area contributed by atoms with Crippen molar-refractivity contribution in [1.29, 1.82) is 0 Å². The minimum absolute atomic E-state index is 0.119. The number of hydrogen-bond acceptors (Lipinski definition) is 3. The lowest BCUT2D eigenvalue weighted by atomic mass is 9.76. The summed E-state index contributed by atoms with van der Waals surface area (Å²) in [6, 6.07) is 9.41. The average molecular weight is 260 g/mol. The topological polar surface area (TPSA) is 61.4 Å². The standard InChI is InChI=1S/C15H20N2O2/c18-13(11-4-2-1-3-5-11)12-10-15(14(19)17-12)6-8-16-9-7-15/h1-5,12-13,16,18H,6-10H2,(H,17,19)/t12-,13-/m1/s1. The fourth-order valence-electron chi connectivity index (χ4n) is 3.30. The summed E-state index contributed by atoms with van der Waals surface area (Å²) < 4.78 is 0. The molecule has 0 radical (unpaired) electrons. The highest BCUT2D eigenvalue weighted by atomic mass is 16.3. The van der Waals surface area contributed by atoms with E-state index in [1.807, 2.05) is 30.3 Å². The number of rotatable bonds is 2. The third-order valence-corrected chi connectivity index (χ3v) is 4.49. The van der Waals surface area contributed by atoms with Crippen LogP contribution in [0.25, 0.3) is 0 Å². The molecule has 0 bridgehead atoms. The first-order chi connectivity index (χ1) is 9.21. The Morgan fingerprint density at radius 2 is 1.89 bits per heavy atom. The minimum Gasteiger partial charge on any atom is -0.386 e. The van der Waals surface area contributed by atoms with E-state index in [9.17, 15) is 9.90 Å². The number of amides is 1. The second kappa shape index (κ2) is 4.94. The molecule has 4 heteroatoms. The molecule has 0 aliphatic carbocycles. The summed E-state index contributed by atoms with van der Waals surface area (Å²) in [6.45, 7) is 1.78. The van der Waals surface area contributed by atoms with Crippen LogP contribution in [-0.4, -0.2) is 30.1 Å². The van der Waals surface area contributed by atoms with E-state index < -0.39 is 6.10 Å². The Labute approximate surface area is 113 Å². The SMILES string of the molecule is O=C1N[C@@H]([C@H](O)c2ccccc2)CC12CCNCC2. The zero-order valence-electron chi connectivity index (χ0n) is 10.9. The highest BCUT2D eigenvalue weighted by Gasteiger charge is 2.48. The Morgan fingerprint density at radius 3 is 2.58 bits per heavy atom. The summed E-state index contributed by atoms with van der Waals surface area (Å²) in [5, 5.41) is 16.7. The monoisotopic (exact) mass is 260 g/mol. The maximum atomic E-state index is 12.2. The predicted octanol–water partition coefficient (Wildman–Crippen LogP) is 0.978. The number of aliphatic hydroxyl groups excluding tert-OH is 1. The third-order valence-electron chi connectivity index (χ3n) is 4.49. The van der Waals surface area contributed by atoms with Crippen molar-refractivity contribution < 1.29 is 9.90 Å². The molecule has 1 aromatic rings. The van der Waals surface area contributed by atoms with Crippen LogP contribution >= 0.6 is 0 Å². The lowest BCUT2D eigenvalue weighted by Crippen LogP contribution is -2.41. The summed E-state index contributed by atoms with van der Waals surface area (Å²) in [4.78, 5) is 12.2. The lowest BCUT2D eigenvalue weighted by Gasteiger charge is -2.31. The molecule has 1 spiro atoms. The predicted molar refractivity (Wildman–Crippen MR) is 72.5 cm³/mol. The first kappa shape index (κ1) is 12.6. The Kier molecular flexibility index (Phi) is 3.29. The summed E-state index contributed by atoms with van der Waals surface area (Å²) in [6.07, 6.45) is 1.87. The van der Waals surface area contributed by atoms with Gasteiger partial charge in [-0.25, -0.2) is 0 Å². The Balaban J connectivity index is 1.76. The smallest absolute Gasteiger partial charge is 0.226 e. The van der Waals surface area contributed by atoms with Crippen molar-refractivity contribution in [2.24, 2.45) is 5.41 Å². The van der Waals surface area contributed by atoms with Crippen LogP contribution < -0.4 is 10.6 Å². The van der Waals surface area contributed by atoms with Gasteiger partial charge >= 0.3 is 0 Å². The molecule has 2 saturated heterocycles. The molecular formula is C15H20N2O2. The van der Waals surface area contributed by atoms with E-state index in [0.717, 1.165) is 37.9 Å². The van der Waals surface area contributed by atoms with Crippen LogP contribution in [0.3, 0.4) is 0 Å². The van der Waals surface area contributed by atoms with Crippen LogP contribution in [-0.2, 0) is 4.79 Å². The van der Waals surface area contributed by atoms with Crippen LogP contribution in [0.1, 0.15) is 30.9 Å². The average Bonchev–Trinajstić information content (AvgIpc) is 2.77. The lowest BCUT2D eigenvalue weighted by molar-refractivity contribution is -0.129. The minimum atomic E-state index is -0.612. The number of carbonyl (C=O) groups is 1. The van der Waals surface area contributed by atoms with Gasteiger partial charge in [-0.3, -0.25) is 4.79 Å². The number of nitrogens with one attached hydrogen (secondary N) is 2. The van der Waals surface area contributed by atoms with Crippen LogP contribution in [0.4, 0.5) is 0 Å². The largest absolute Gasteiger partial charge is 0.386 e. The molecule has 1 aromatic carbocycles. The highest BCUT2D eigenvalue weighted by molar-refractivity contribution is 5.85. The molecule has 2 atom stereocenters. The van der Waals surface area contributed by atoms with E-state index in [0.29, 0.717) is 0 Å². The number of hydrogen-bond donors (Lipinski definition) is 3. The van der Waals surface area contributed by atoms with E-state index in [-0.39, 0.29) is 17.4 Å². The molecule has 0 saturated carbocycles. The van der Waals surface area contributed by atoms with Gasteiger partial charge in [-0.2, -0.15) is 0 Å². The quantitative estimate of drug-likeness (QED) is 0.743. The van der Waals surface area contributed by atoms with Gasteiger partial charge in [-0.05, 0) is 37.9 Å². The normalized spacial score (nSPS) is 27.2. The zero-order valence-corrected chi connectivity index (χ0v) is 10.9. The van der Waals surface area contributed by atoms with Crippen LogP contribution in [0.2, 0.25) is 0 Å². The van der Waals surface area contributed by atoms with Gasteiger partial charge in [-0.15, -0.1) is 0 Å². The molecule has 3 rings (SSSR count). The van der Waals surface area contributed by atoms with E-state index in [1.54, 1.807) is 0 Å². The van der Waals surface area contributed by atoms with Gasteiger partial charge in [0, 0.05) is 0 Å². The second-order valence-electron chi connectivity index (χ2n) is 5.67. The van der Waals surface area contributed by atoms with Crippen LogP contribution in [0.5, 0.6) is 0 Å². The fraction of sp³-hybridized carbons (Fsp3) is 0.533. The summed E-state index contributed by atoms with van der Waals surface area (Å²) in [5.74, 6) is 0.119. The van der Waals surface area contributed by atoms with E-state index in [2.05, 4.69) is 10.6 Å². The molecule has 2 fully saturated rings. The van der Waals surface area contributed by atoms with Crippen molar-refractivity contribution in [3.05, 3.63) is 35.9 Å². The summed E-state index contributed by atoms with van der Waals surface area (Å²) >= 11 is 0. The molecule has 19 heavy (non-hydrogen) atoms. The first-order valence-corrected chi connectivity index (χ1v) is 6.96. The molecule has 0 aromatic heterocycles. The van der Waals surface area contributed by atoms with Gasteiger partial charge < -0.3 is 15.7 Å². The summed E-state index contributed by atoms with van der Waals surface area (Å²) in [7, 11) is 0. The van der Waals surface area contributed by atoms with Crippen molar-refractivity contribution in [1.82, 2.24) is 10.6 Å². The maximum Gasteiger partial charge on any atom is 0.226 e. The number of benzene rings is 1. The fourth-order valence-corrected chi connectivity index (χ4v) is 3.30. The molecule has 2 aliphatic heterocycles. The zero-order chi connectivity index (χ0) is 13.3. The van der Waals surface area contributed by atoms with Crippen LogP contribution in [0, 0.1) is 5.41 Å². The molecule has 2 aliphatic rings. The van der Waals surface area contributed by atoms with Gasteiger partial charge in [0.1, 0.15) is 0 Å². The van der Waals surface area contributed by atoms with E-state index >= 15 is 0 Å². The van der Waals surface area contributed by atoms with Gasteiger partial charge in [-0.1, -0.05) is 30.3 Å². The second-order valence-corrected chi connectivity index (χ2v) is 5.67. The molecule has 3 N–H and O–H groups in total. The maximum absolute atomic E-state index is 12.2. The number of piperidine rings is 1.